The minimum absolute atomic E-state index is 0.0354. The van der Waals surface area contributed by atoms with Gasteiger partial charge in [-0.25, -0.2) is 4.98 Å². The van der Waals surface area contributed by atoms with Crippen LogP contribution in [0.5, 0.6) is 0 Å². The molecule has 2 aromatic heterocycles. The van der Waals surface area contributed by atoms with Crippen molar-refractivity contribution in [2.24, 2.45) is 0 Å². The van der Waals surface area contributed by atoms with Gasteiger partial charge in [-0.2, -0.15) is 0 Å². The van der Waals surface area contributed by atoms with Gasteiger partial charge < -0.3 is 14.2 Å². The number of morpholine rings is 1. The molecule has 0 radical (unpaired) electrons. The van der Waals surface area contributed by atoms with E-state index in [2.05, 4.69) is 19.4 Å². The van der Waals surface area contributed by atoms with Crippen LogP contribution in [0.15, 0.2) is 30.9 Å². The van der Waals surface area contributed by atoms with Crippen LogP contribution < -0.4 is 0 Å². The summed E-state index contributed by atoms with van der Waals surface area (Å²) in [4.78, 5) is 24.6. The molecule has 3 atom stereocenters. The van der Waals surface area contributed by atoms with E-state index in [0.29, 0.717) is 30.1 Å². The zero-order chi connectivity index (χ0) is 19.0. The lowest BCUT2D eigenvalue weighted by Crippen LogP contribution is -2.47. The summed E-state index contributed by atoms with van der Waals surface area (Å²) in [7, 11) is 3.56. The van der Waals surface area contributed by atoms with E-state index in [9.17, 15) is 4.79 Å². The lowest BCUT2D eigenvalue weighted by molar-refractivity contribution is -0.134. The molecule has 4 rings (SSSR count). The molecule has 4 heterocycles. The second-order valence-corrected chi connectivity index (χ2v) is 7.87. The van der Waals surface area contributed by atoms with Crippen LogP contribution in [0.25, 0.3) is 11.4 Å². The van der Waals surface area contributed by atoms with Gasteiger partial charge in [-0.1, -0.05) is 11.6 Å². The van der Waals surface area contributed by atoms with Crippen molar-refractivity contribution in [3.8, 4) is 11.4 Å². The number of halogens is 1. The molecule has 144 valence electrons. The molecule has 0 aromatic carbocycles. The quantitative estimate of drug-likeness (QED) is 0.801. The van der Waals surface area contributed by atoms with Gasteiger partial charge in [-0.05, 0) is 12.5 Å². The van der Waals surface area contributed by atoms with Crippen molar-refractivity contribution in [2.75, 3.05) is 33.8 Å². The van der Waals surface area contributed by atoms with Crippen molar-refractivity contribution < 1.29 is 9.53 Å². The molecule has 0 unspecified atom stereocenters. The lowest BCUT2D eigenvalue weighted by atomic mass is 10.1. The maximum absolute atomic E-state index is 12.0. The van der Waals surface area contributed by atoms with Crippen molar-refractivity contribution in [1.29, 1.82) is 0 Å². The van der Waals surface area contributed by atoms with Crippen LogP contribution in [-0.4, -0.2) is 76.2 Å². The van der Waals surface area contributed by atoms with Crippen LogP contribution in [0.4, 0.5) is 0 Å². The monoisotopic (exact) mass is 389 g/mol. The highest BCUT2D eigenvalue weighted by molar-refractivity contribution is 6.33. The zero-order valence-electron chi connectivity index (χ0n) is 15.6. The average Bonchev–Trinajstić information content (AvgIpc) is 3.28. The third-order valence-corrected chi connectivity index (χ3v) is 5.75. The fourth-order valence-corrected chi connectivity index (χ4v) is 4.19. The number of amides is 1. The van der Waals surface area contributed by atoms with Crippen molar-refractivity contribution in [2.45, 2.75) is 31.0 Å². The molecule has 1 amide bonds. The molecule has 7 nitrogen and oxygen atoms in total. The molecule has 8 heteroatoms. The molecule has 0 bridgehead atoms. The number of carbonyl (C=O) groups excluding carboxylic acids is 1. The predicted octanol–water partition coefficient (Wildman–Crippen LogP) is 2.09. The fraction of sp³-hybridized carbons (Fsp3) is 0.526. The predicted molar refractivity (Wildman–Crippen MR) is 103 cm³/mol. The lowest BCUT2D eigenvalue weighted by Gasteiger charge is -2.35. The maximum Gasteiger partial charge on any atom is 0.224 e. The smallest absolute Gasteiger partial charge is 0.224 e. The highest BCUT2D eigenvalue weighted by Crippen LogP contribution is 2.35. The summed E-state index contributed by atoms with van der Waals surface area (Å²) in [6.07, 6.45) is 8.62. The standard InChI is InChI=1S/C19H24ClN5O2/c1-23(2)18(26)8-15-11-24-10-13(7-14(24)12-27-15)25-6-5-22-19(25)16-3-4-21-9-17(16)20/h3-6,9,13-15H,7-8,10-12H2,1-2H3/t13-,14+,15+/m1/s1. The highest BCUT2D eigenvalue weighted by Gasteiger charge is 2.39. The molecule has 2 aliphatic heterocycles. The van der Waals surface area contributed by atoms with Gasteiger partial charge >= 0.3 is 0 Å². The van der Waals surface area contributed by atoms with Gasteiger partial charge in [0, 0.05) is 69.6 Å². The largest absolute Gasteiger partial charge is 0.375 e. The number of nitrogens with zero attached hydrogens (tertiary/aromatic N) is 5. The van der Waals surface area contributed by atoms with Crippen LogP contribution in [-0.2, 0) is 9.53 Å². The van der Waals surface area contributed by atoms with E-state index < -0.39 is 0 Å². The molecule has 0 aliphatic carbocycles. The minimum Gasteiger partial charge on any atom is -0.375 e. The molecule has 2 fully saturated rings. The van der Waals surface area contributed by atoms with Gasteiger partial charge in [0.25, 0.3) is 0 Å². The van der Waals surface area contributed by atoms with Crippen molar-refractivity contribution in [3.63, 3.8) is 0 Å². The molecular formula is C19H24ClN5O2. The van der Waals surface area contributed by atoms with E-state index in [0.717, 1.165) is 30.9 Å². The number of pyridine rings is 1. The highest BCUT2D eigenvalue weighted by atomic mass is 35.5. The Balaban J connectivity index is 1.48. The van der Waals surface area contributed by atoms with Gasteiger partial charge in [0.1, 0.15) is 5.82 Å². The van der Waals surface area contributed by atoms with E-state index in [4.69, 9.17) is 16.3 Å². The summed E-state index contributed by atoms with van der Waals surface area (Å²) in [6.45, 7) is 2.38. The Morgan fingerprint density at radius 3 is 2.96 bits per heavy atom. The Hall–Kier alpha value is -1.96. The van der Waals surface area contributed by atoms with Crippen molar-refractivity contribution in [1.82, 2.24) is 24.3 Å². The first-order valence-electron chi connectivity index (χ1n) is 9.21. The Morgan fingerprint density at radius 1 is 1.33 bits per heavy atom. The molecule has 27 heavy (non-hydrogen) atoms. The van der Waals surface area contributed by atoms with Gasteiger partial charge in [0.15, 0.2) is 0 Å². The molecule has 2 aromatic rings. The third kappa shape index (κ3) is 3.72. The first-order valence-corrected chi connectivity index (χ1v) is 9.59. The maximum atomic E-state index is 12.0. The number of carbonyl (C=O) groups is 1. The Bertz CT molecular complexity index is 824. The van der Waals surface area contributed by atoms with Crippen LogP contribution >= 0.6 is 11.6 Å². The van der Waals surface area contributed by atoms with Crippen LogP contribution in [0, 0.1) is 0 Å². The van der Waals surface area contributed by atoms with E-state index in [-0.39, 0.29) is 12.0 Å². The molecular weight excluding hydrogens is 366 g/mol. The number of aromatic nitrogens is 3. The second-order valence-electron chi connectivity index (χ2n) is 7.46. The Kier molecular flexibility index (Phi) is 5.16. The summed E-state index contributed by atoms with van der Waals surface area (Å²) in [5, 5.41) is 0.603. The van der Waals surface area contributed by atoms with Gasteiger partial charge in [0.2, 0.25) is 5.91 Å². The SMILES string of the molecule is CN(C)C(=O)C[C@H]1CN2C[C@H](n3ccnc3-c3ccncc3Cl)C[C@H]2CO1. The molecule has 2 aliphatic rings. The molecule has 0 saturated carbocycles. The molecule has 2 saturated heterocycles. The number of ether oxygens (including phenoxy) is 1. The summed E-state index contributed by atoms with van der Waals surface area (Å²) in [6, 6.07) is 2.59. The second kappa shape index (κ2) is 7.58. The van der Waals surface area contributed by atoms with E-state index in [1.807, 2.05) is 18.5 Å². The van der Waals surface area contributed by atoms with Crippen molar-refractivity contribution >= 4 is 17.5 Å². The summed E-state index contributed by atoms with van der Waals surface area (Å²) in [5.41, 5.74) is 0.896. The normalized spacial score (nSPS) is 25.4. The minimum atomic E-state index is -0.0354. The number of fused-ring (bicyclic) bond motifs is 1. The summed E-state index contributed by atoms with van der Waals surface area (Å²) >= 11 is 6.33. The molecule has 0 N–H and O–H groups in total. The van der Waals surface area contributed by atoms with Gasteiger partial charge in [0.05, 0.1) is 24.2 Å². The summed E-state index contributed by atoms with van der Waals surface area (Å²) < 4.78 is 8.18. The Labute approximate surface area is 163 Å². The summed E-state index contributed by atoms with van der Waals surface area (Å²) in [5.74, 6) is 0.978. The first kappa shape index (κ1) is 18.4. The number of rotatable bonds is 4. The van der Waals surface area contributed by atoms with Crippen LogP contribution in [0.1, 0.15) is 18.9 Å². The number of hydrogen-bond acceptors (Lipinski definition) is 5. The third-order valence-electron chi connectivity index (χ3n) is 5.44. The topological polar surface area (TPSA) is 63.5 Å². The Morgan fingerprint density at radius 2 is 2.19 bits per heavy atom. The zero-order valence-corrected chi connectivity index (χ0v) is 16.3. The van der Waals surface area contributed by atoms with Crippen molar-refractivity contribution in [3.05, 3.63) is 35.9 Å². The van der Waals surface area contributed by atoms with E-state index in [1.165, 1.54) is 0 Å². The molecule has 0 spiro atoms. The first-order chi connectivity index (χ1) is 13.0. The average molecular weight is 390 g/mol. The van der Waals surface area contributed by atoms with Gasteiger partial charge in [-0.3, -0.25) is 14.7 Å². The number of hydrogen-bond donors (Lipinski definition) is 0. The van der Waals surface area contributed by atoms with E-state index in [1.54, 1.807) is 31.4 Å². The van der Waals surface area contributed by atoms with Crippen LogP contribution in [0.2, 0.25) is 5.02 Å². The van der Waals surface area contributed by atoms with E-state index >= 15 is 0 Å². The number of imidazole rings is 1. The van der Waals surface area contributed by atoms with Crippen LogP contribution in [0.3, 0.4) is 0 Å². The fourth-order valence-electron chi connectivity index (χ4n) is 3.99. The van der Waals surface area contributed by atoms with Gasteiger partial charge in [-0.15, -0.1) is 0 Å².